The lowest BCUT2D eigenvalue weighted by molar-refractivity contribution is -0.119. The van der Waals surface area contributed by atoms with Gasteiger partial charge >= 0.3 is 0 Å². The maximum absolute atomic E-state index is 13.7. The first-order valence-corrected chi connectivity index (χ1v) is 6.19. The molecule has 1 aromatic rings. The molecule has 100 valence electrons. The maximum atomic E-state index is 13.7. The molecule has 0 fully saturated rings. The van der Waals surface area contributed by atoms with E-state index in [0.29, 0.717) is 4.47 Å². The van der Waals surface area contributed by atoms with Crippen LogP contribution in [0, 0.1) is 12.7 Å². The maximum Gasteiger partial charge on any atom is 0.216 e. The van der Waals surface area contributed by atoms with Crippen molar-refractivity contribution in [2.75, 3.05) is 6.54 Å². The average molecular weight is 320 g/mol. The molecule has 2 unspecified atom stereocenters. The summed E-state index contributed by atoms with van der Waals surface area (Å²) in [6.45, 7) is 2.90. The Hall–Kier alpha value is -0.980. The van der Waals surface area contributed by atoms with Gasteiger partial charge in [-0.15, -0.1) is 0 Å². The molecule has 3 N–H and O–H groups in total. The minimum Gasteiger partial charge on any atom is -0.388 e. The Kier molecular flexibility index (Phi) is 5.25. The van der Waals surface area contributed by atoms with Crippen LogP contribution in [0.3, 0.4) is 0 Å². The third kappa shape index (κ3) is 3.51. The van der Waals surface area contributed by atoms with Gasteiger partial charge in [-0.3, -0.25) is 4.79 Å². The molecule has 0 bridgehead atoms. The first-order chi connectivity index (χ1) is 8.34. The van der Waals surface area contributed by atoms with Crippen LogP contribution >= 0.6 is 15.9 Å². The SMILES string of the molecule is CC(=O)NCC(O)C(O)c1c(F)ccc(C)c1Br. The van der Waals surface area contributed by atoms with Gasteiger partial charge in [-0.1, -0.05) is 22.0 Å². The molecule has 0 heterocycles. The number of hydrogen-bond donors (Lipinski definition) is 3. The van der Waals surface area contributed by atoms with E-state index in [1.165, 1.54) is 13.0 Å². The lowest BCUT2D eigenvalue weighted by atomic mass is 10.0. The van der Waals surface area contributed by atoms with Crippen molar-refractivity contribution in [2.24, 2.45) is 0 Å². The summed E-state index contributed by atoms with van der Waals surface area (Å²) in [5, 5.41) is 22.0. The number of benzene rings is 1. The number of carbonyl (C=O) groups excluding carboxylic acids is 1. The third-order valence-corrected chi connectivity index (χ3v) is 3.59. The number of rotatable bonds is 4. The van der Waals surface area contributed by atoms with Gasteiger partial charge in [-0.2, -0.15) is 0 Å². The number of nitrogens with one attached hydrogen (secondary N) is 1. The monoisotopic (exact) mass is 319 g/mol. The molecule has 6 heteroatoms. The molecule has 2 atom stereocenters. The van der Waals surface area contributed by atoms with Gasteiger partial charge in [0.05, 0.1) is 0 Å². The van der Waals surface area contributed by atoms with Gasteiger partial charge in [0.1, 0.15) is 18.0 Å². The summed E-state index contributed by atoms with van der Waals surface area (Å²) >= 11 is 3.18. The van der Waals surface area contributed by atoms with Gasteiger partial charge in [0.15, 0.2) is 0 Å². The van der Waals surface area contributed by atoms with Gasteiger partial charge in [-0.25, -0.2) is 4.39 Å². The Bertz CT molecular complexity index is 453. The van der Waals surface area contributed by atoms with E-state index < -0.39 is 18.0 Å². The minimum atomic E-state index is -1.41. The zero-order valence-electron chi connectivity index (χ0n) is 10.1. The van der Waals surface area contributed by atoms with Crippen molar-refractivity contribution in [1.29, 1.82) is 0 Å². The summed E-state index contributed by atoms with van der Waals surface area (Å²) < 4.78 is 14.1. The molecule has 4 nitrogen and oxygen atoms in total. The predicted molar refractivity (Wildman–Crippen MR) is 68.5 cm³/mol. The molecule has 1 amide bonds. The molecule has 0 radical (unpaired) electrons. The van der Waals surface area contributed by atoms with E-state index in [1.807, 2.05) is 0 Å². The van der Waals surface area contributed by atoms with Crippen LogP contribution in [0.4, 0.5) is 4.39 Å². The molecule has 0 aliphatic heterocycles. The second-order valence-corrected chi connectivity index (χ2v) is 4.83. The summed E-state index contributed by atoms with van der Waals surface area (Å²) in [4.78, 5) is 10.7. The molecular weight excluding hydrogens is 305 g/mol. The second kappa shape index (κ2) is 6.26. The van der Waals surface area contributed by atoms with E-state index in [0.717, 1.165) is 5.56 Å². The molecular formula is C12H15BrFNO3. The number of amides is 1. The Morgan fingerprint density at radius 1 is 1.50 bits per heavy atom. The Morgan fingerprint density at radius 2 is 2.11 bits per heavy atom. The molecule has 0 saturated carbocycles. The van der Waals surface area contributed by atoms with Gasteiger partial charge in [0.25, 0.3) is 0 Å². The number of carbonyl (C=O) groups is 1. The van der Waals surface area contributed by atoms with E-state index in [9.17, 15) is 19.4 Å². The quantitative estimate of drug-likeness (QED) is 0.786. The highest BCUT2D eigenvalue weighted by atomic mass is 79.9. The summed E-state index contributed by atoms with van der Waals surface area (Å²) in [7, 11) is 0. The van der Waals surface area contributed by atoms with Crippen LogP contribution in [-0.2, 0) is 4.79 Å². The van der Waals surface area contributed by atoms with Crippen LogP contribution < -0.4 is 5.32 Å². The highest BCUT2D eigenvalue weighted by Gasteiger charge is 2.24. The van der Waals surface area contributed by atoms with Crippen molar-refractivity contribution in [1.82, 2.24) is 5.32 Å². The summed E-state index contributed by atoms with van der Waals surface area (Å²) in [5.74, 6) is -0.938. The van der Waals surface area contributed by atoms with Gasteiger partial charge in [0.2, 0.25) is 5.91 Å². The van der Waals surface area contributed by atoms with Crippen molar-refractivity contribution in [3.05, 3.63) is 33.5 Å². The highest BCUT2D eigenvalue weighted by molar-refractivity contribution is 9.10. The van der Waals surface area contributed by atoms with Gasteiger partial charge < -0.3 is 15.5 Å². The van der Waals surface area contributed by atoms with E-state index >= 15 is 0 Å². The first kappa shape index (κ1) is 15.1. The number of halogens is 2. The van der Waals surface area contributed by atoms with Gasteiger partial charge in [-0.05, 0) is 18.6 Å². The lowest BCUT2D eigenvalue weighted by Gasteiger charge is -2.20. The predicted octanol–water partition coefficient (Wildman–Crippen LogP) is 1.43. The number of hydrogen-bond acceptors (Lipinski definition) is 3. The number of aliphatic hydroxyl groups excluding tert-OH is 2. The van der Waals surface area contributed by atoms with E-state index in [2.05, 4.69) is 21.2 Å². The largest absolute Gasteiger partial charge is 0.388 e. The zero-order chi connectivity index (χ0) is 13.9. The fourth-order valence-electron chi connectivity index (χ4n) is 1.50. The van der Waals surface area contributed by atoms with E-state index in [4.69, 9.17) is 0 Å². The molecule has 0 spiro atoms. The van der Waals surface area contributed by atoms with Crippen molar-refractivity contribution in [3.8, 4) is 0 Å². The average Bonchev–Trinajstić information content (AvgIpc) is 2.31. The lowest BCUT2D eigenvalue weighted by Crippen LogP contribution is -2.34. The molecule has 0 aliphatic carbocycles. The van der Waals surface area contributed by atoms with E-state index in [1.54, 1.807) is 13.0 Å². The Labute approximate surface area is 113 Å². The standard InChI is InChI=1S/C12H15BrFNO3/c1-6-3-4-8(14)10(11(6)13)12(18)9(17)5-15-7(2)16/h3-4,9,12,17-18H,5H2,1-2H3,(H,15,16). The Balaban J connectivity index is 2.92. The van der Waals surface area contributed by atoms with Crippen LogP contribution in [0.5, 0.6) is 0 Å². The van der Waals surface area contributed by atoms with Crippen LogP contribution in [-0.4, -0.2) is 28.8 Å². The summed E-state index contributed by atoms with van der Waals surface area (Å²) in [6.07, 6.45) is -2.69. The van der Waals surface area contributed by atoms with Gasteiger partial charge in [0, 0.05) is 23.5 Å². The third-order valence-electron chi connectivity index (χ3n) is 2.54. The normalized spacial score (nSPS) is 14.1. The molecule has 0 aliphatic rings. The molecule has 0 saturated heterocycles. The Morgan fingerprint density at radius 3 is 2.67 bits per heavy atom. The smallest absolute Gasteiger partial charge is 0.216 e. The minimum absolute atomic E-state index is 0.00662. The fraction of sp³-hybridized carbons (Fsp3) is 0.417. The van der Waals surface area contributed by atoms with Crippen LogP contribution in [0.25, 0.3) is 0 Å². The zero-order valence-corrected chi connectivity index (χ0v) is 11.7. The number of aliphatic hydroxyl groups is 2. The van der Waals surface area contributed by atoms with Crippen molar-refractivity contribution < 1.29 is 19.4 Å². The van der Waals surface area contributed by atoms with Crippen molar-refractivity contribution in [3.63, 3.8) is 0 Å². The molecule has 18 heavy (non-hydrogen) atoms. The molecule has 1 aromatic carbocycles. The summed E-state index contributed by atoms with van der Waals surface area (Å²) in [6, 6.07) is 2.79. The topological polar surface area (TPSA) is 69.6 Å². The highest BCUT2D eigenvalue weighted by Crippen LogP contribution is 2.30. The van der Waals surface area contributed by atoms with Crippen molar-refractivity contribution >= 4 is 21.8 Å². The van der Waals surface area contributed by atoms with Crippen LogP contribution in [0.1, 0.15) is 24.2 Å². The fourth-order valence-corrected chi connectivity index (χ4v) is 2.06. The van der Waals surface area contributed by atoms with Crippen LogP contribution in [0.2, 0.25) is 0 Å². The second-order valence-electron chi connectivity index (χ2n) is 4.04. The van der Waals surface area contributed by atoms with Crippen molar-refractivity contribution in [2.45, 2.75) is 26.1 Å². The summed E-state index contributed by atoms with van der Waals surface area (Å²) in [5.41, 5.74) is 0.741. The molecule has 1 rings (SSSR count). The van der Waals surface area contributed by atoms with Crippen LogP contribution in [0.15, 0.2) is 16.6 Å². The molecule has 0 aromatic heterocycles. The first-order valence-electron chi connectivity index (χ1n) is 5.39. The van der Waals surface area contributed by atoms with E-state index in [-0.39, 0.29) is 18.0 Å². The number of aryl methyl sites for hydroxylation is 1.